The third-order valence-electron chi connectivity index (χ3n) is 4.93. The number of halogens is 1. The summed E-state index contributed by atoms with van der Waals surface area (Å²) in [5.74, 6) is 0.636. The Bertz CT molecular complexity index is 1150. The zero-order valence-corrected chi connectivity index (χ0v) is 19.0. The molecular weight excluding hydrogens is 489 g/mol. The number of aromatic nitrogens is 2. The summed E-state index contributed by atoms with van der Waals surface area (Å²) in [4.78, 5) is 22.3. The summed E-state index contributed by atoms with van der Waals surface area (Å²) in [5, 5.41) is 12.8. The van der Waals surface area contributed by atoms with E-state index in [2.05, 4.69) is 27.9 Å². The SMILES string of the molecule is CC(C)=Cc1nc2c(nc1NC(=O)Cc1ccc(I)cc1)CCc1cc(O)ccc1-2. The lowest BCUT2D eigenvalue weighted by molar-refractivity contribution is -0.115. The maximum atomic E-state index is 12.7. The number of aryl methyl sites for hydroxylation is 2. The number of aromatic hydroxyl groups is 1. The van der Waals surface area contributed by atoms with E-state index < -0.39 is 0 Å². The third-order valence-corrected chi connectivity index (χ3v) is 5.65. The quantitative estimate of drug-likeness (QED) is 0.475. The van der Waals surface area contributed by atoms with Crippen molar-refractivity contribution < 1.29 is 9.90 Å². The van der Waals surface area contributed by atoms with E-state index in [9.17, 15) is 9.90 Å². The van der Waals surface area contributed by atoms with Crippen LogP contribution in [-0.4, -0.2) is 21.0 Å². The van der Waals surface area contributed by atoms with Gasteiger partial charge in [-0.15, -0.1) is 0 Å². The van der Waals surface area contributed by atoms with Crippen LogP contribution in [0.5, 0.6) is 5.75 Å². The van der Waals surface area contributed by atoms with Gasteiger partial charge in [-0.3, -0.25) is 4.79 Å². The highest BCUT2D eigenvalue weighted by atomic mass is 127. The maximum Gasteiger partial charge on any atom is 0.230 e. The first-order valence-corrected chi connectivity index (χ1v) is 10.9. The van der Waals surface area contributed by atoms with Crippen LogP contribution in [0.3, 0.4) is 0 Å². The molecule has 1 aromatic heterocycles. The first-order valence-electron chi connectivity index (χ1n) is 9.81. The van der Waals surface area contributed by atoms with E-state index in [1.165, 1.54) is 0 Å². The lowest BCUT2D eigenvalue weighted by Crippen LogP contribution is -2.19. The average molecular weight is 511 g/mol. The molecular formula is C24H22IN3O2. The normalized spacial score (nSPS) is 12.0. The monoisotopic (exact) mass is 511 g/mol. The van der Waals surface area contributed by atoms with E-state index in [-0.39, 0.29) is 18.1 Å². The second-order valence-corrected chi connectivity index (χ2v) is 8.91. The molecule has 2 N–H and O–H groups in total. The second kappa shape index (κ2) is 8.55. The van der Waals surface area contributed by atoms with Crippen molar-refractivity contribution >= 4 is 40.4 Å². The molecule has 4 rings (SSSR count). The molecule has 5 nitrogen and oxygen atoms in total. The summed E-state index contributed by atoms with van der Waals surface area (Å²) in [6, 6.07) is 13.3. The van der Waals surface area contributed by atoms with Gasteiger partial charge in [0.25, 0.3) is 0 Å². The van der Waals surface area contributed by atoms with Crippen molar-refractivity contribution in [3.63, 3.8) is 0 Å². The van der Waals surface area contributed by atoms with Gasteiger partial charge >= 0.3 is 0 Å². The molecule has 0 radical (unpaired) electrons. The highest BCUT2D eigenvalue weighted by Gasteiger charge is 2.22. The number of carbonyl (C=O) groups excluding carboxylic acids is 1. The number of rotatable bonds is 4. The molecule has 6 heteroatoms. The summed E-state index contributed by atoms with van der Waals surface area (Å²) in [7, 11) is 0. The number of nitrogens with one attached hydrogen (secondary N) is 1. The molecule has 1 heterocycles. The van der Waals surface area contributed by atoms with Gasteiger partial charge in [-0.05, 0) is 96.8 Å². The summed E-state index contributed by atoms with van der Waals surface area (Å²) in [6.07, 6.45) is 3.71. The molecule has 0 bridgehead atoms. The molecule has 1 aliphatic carbocycles. The first-order chi connectivity index (χ1) is 14.4. The Morgan fingerprint density at radius 3 is 2.63 bits per heavy atom. The van der Waals surface area contributed by atoms with E-state index in [1.807, 2.05) is 50.3 Å². The van der Waals surface area contributed by atoms with Gasteiger partial charge in [-0.1, -0.05) is 17.7 Å². The third kappa shape index (κ3) is 4.53. The van der Waals surface area contributed by atoms with Gasteiger partial charge in [0.2, 0.25) is 5.91 Å². The molecule has 0 atom stereocenters. The number of carbonyl (C=O) groups is 1. The Hall–Kier alpha value is -2.74. The molecule has 0 fully saturated rings. The molecule has 0 unspecified atom stereocenters. The van der Waals surface area contributed by atoms with Crippen LogP contribution in [0, 0.1) is 3.57 Å². The van der Waals surface area contributed by atoms with Gasteiger partial charge in [0.1, 0.15) is 11.4 Å². The minimum Gasteiger partial charge on any atom is -0.508 e. The number of fused-ring (bicyclic) bond motifs is 3. The number of amides is 1. The average Bonchev–Trinajstić information content (AvgIpc) is 2.69. The fourth-order valence-electron chi connectivity index (χ4n) is 3.57. The van der Waals surface area contributed by atoms with Crippen LogP contribution in [0.25, 0.3) is 17.3 Å². The van der Waals surface area contributed by atoms with Crippen molar-refractivity contribution in [1.82, 2.24) is 9.97 Å². The Balaban J connectivity index is 1.68. The summed E-state index contributed by atoms with van der Waals surface area (Å²) in [5.41, 5.74) is 6.40. The number of anilines is 1. The lowest BCUT2D eigenvalue weighted by atomic mass is 9.91. The second-order valence-electron chi connectivity index (χ2n) is 7.67. The van der Waals surface area contributed by atoms with Crippen molar-refractivity contribution in [2.45, 2.75) is 33.1 Å². The van der Waals surface area contributed by atoms with Crippen LogP contribution in [0.15, 0.2) is 48.0 Å². The zero-order valence-electron chi connectivity index (χ0n) is 16.9. The van der Waals surface area contributed by atoms with Gasteiger partial charge in [0, 0.05) is 9.13 Å². The van der Waals surface area contributed by atoms with Crippen LogP contribution < -0.4 is 5.32 Å². The smallest absolute Gasteiger partial charge is 0.230 e. The largest absolute Gasteiger partial charge is 0.508 e. The molecule has 3 aromatic rings. The number of hydrogen-bond acceptors (Lipinski definition) is 4. The molecule has 0 saturated carbocycles. The molecule has 1 amide bonds. The molecule has 30 heavy (non-hydrogen) atoms. The first kappa shape index (κ1) is 20.5. The van der Waals surface area contributed by atoms with E-state index in [0.29, 0.717) is 17.9 Å². The van der Waals surface area contributed by atoms with Gasteiger partial charge in [0.15, 0.2) is 5.82 Å². The number of nitrogens with zero attached hydrogens (tertiary/aromatic N) is 2. The molecule has 0 saturated heterocycles. The highest BCUT2D eigenvalue weighted by molar-refractivity contribution is 14.1. The van der Waals surface area contributed by atoms with Gasteiger partial charge in [0.05, 0.1) is 17.8 Å². The Kier molecular flexibility index (Phi) is 5.85. The highest BCUT2D eigenvalue weighted by Crippen LogP contribution is 2.34. The van der Waals surface area contributed by atoms with E-state index >= 15 is 0 Å². The predicted molar refractivity (Wildman–Crippen MR) is 127 cm³/mol. The summed E-state index contributed by atoms with van der Waals surface area (Å²) >= 11 is 2.25. The molecule has 2 aromatic carbocycles. The number of allylic oxidation sites excluding steroid dienone is 1. The van der Waals surface area contributed by atoms with E-state index in [4.69, 9.17) is 9.97 Å². The van der Waals surface area contributed by atoms with Crippen molar-refractivity contribution in [1.29, 1.82) is 0 Å². The number of phenolic OH excluding ortho intramolecular Hbond substituents is 1. The van der Waals surface area contributed by atoms with Crippen LogP contribution in [0.2, 0.25) is 0 Å². The van der Waals surface area contributed by atoms with Crippen LogP contribution in [0.4, 0.5) is 5.82 Å². The van der Waals surface area contributed by atoms with Crippen molar-refractivity contribution in [3.8, 4) is 17.0 Å². The summed E-state index contributed by atoms with van der Waals surface area (Å²) < 4.78 is 1.14. The van der Waals surface area contributed by atoms with Crippen molar-refractivity contribution in [2.75, 3.05) is 5.32 Å². The van der Waals surface area contributed by atoms with E-state index in [1.54, 1.807) is 12.1 Å². The number of hydrogen-bond donors (Lipinski definition) is 2. The van der Waals surface area contributed by atoms with Gasteiger partial charge < -0.3 is 10.4 Å². The Labute approximate surface area is 189 Å². The number of phenols is 1. The predicted octanol–water partition coefficient (Wildman–Crippen LogP) is 5.16. The molecule has 0 spiro atoms. The van der Waals surface area contributed by atoms with Crippen LogP contribution >= 0.6 is 22.6 Å². The number of benzene rings is 2. The topological polar surface area (TPSA) is 75.1 Å². The lowest BCUT2D eigenvalue weighted by Gasteiger charge is -2.20. The van der Waals surface area contributed by atoms with Crippen molar-refractivity contribution in [3.05, 3.63) is 74.1 Å². The molecule has 0 aliphatic heterocycles. The Morgan fingerprint density at radius 2 is 1.90 bits per heavy atom. The van der Waals surface area contributed by atoms with E-state index in [0.717, 1.165) is 43.6 Å². The molecule has 152 valence electrons. The van der Waals surface area contributed by atoms with Gasteiger partial charge in [-0.25, -0.2) is 9.97 Å². The van der Waals surface area contributed by atoms with Crippen molar-refractivity contribution in [2.24, 2.45) is 0 Å². The Morgan fingerprint density at radius 1 is 1.13 bits per heavy atom. The minimum absolute atomic E-state index is 0.116. The fourth-order valence-corrected chi connectivity index (χ4v) is 3.93. The summed E-state index contributed by atoms with van der Waals surface area (Å²) in [6.45, 7) is 3.98. The standard InChI is InChI=1S/C24H22IN3O2/c1-14(2)11-21-24(28-22(30)12-15-3-6-17(25)7-4-15)27-20-10-5-16-13-18(29)8-9-19(16)23(20)26-21/h3-4,6-9,11,13,29H,5,10,12H2,1-2H3,(H,27,28,30). The fraction of sp³-hybridized carbons (Fsp3) is 0.208. The van der Waals surface area contributed by atoms with Crippen LogP contribution in [0.1, 0.15) is 36.4 Å². The maximum absolute atomic E-state index is 12.7. The van der Waals surface area contributed by atoms with Gasteiger partial charge in [-0.2, -0.15) is 0 Å². The zero-order chi connectivity index (χ0) is 21.3. The van der Waals surface area contributed by atoms with Crippen LogP contribution in [-0.2, 0) is 24.1 Å². The minimum atomic E-state index is -0.116. The molecule has 1 aliphatic rings.